The highest BCUT2D eigenvalue weighted by Crippen LogP contribution is 2.48. The van der Waals surface area contributed by atoms with Gasteiger partial charge in [-0.2, -0.15) is 0 Å². The number of carbonyl (C=O) groups is 1. The van der Waals surface area contributed by atoms with E-state index in [4.69, 9.17) is 16.6 Å². The molecule has 1 spiro atoms. The number of fused-ring (bicyclic) bond motifs is 4. The molecule has 1 heterocycles. The second kappa shape index (κ2) is 10.2. The zero-order valence-corrected chi connectivity index (χ0v) is 21.6. The van der Waals surface area contributed by atoms with E-state index in [2.05, 4.69) is 30.4 Å². The van der Waals surface area contributed by atoms with Crippen molar-refractivity contribution in [3.63, 3.8) is 0 Å². The number of thioether (sulfide) groups is 1. The summed E-state index contributed by atoms with van der Waals surface area (Å²) in [5.74, 6) is 0.0289. The summed E-state index contributed by atoms with van der Waals surface area (Å²) in [5, 5.41) is 4.13. The first-order chi connectivity index (χ1) is 17.0. The van der Waals surface area contributed by atoms with Gasteiger partial charge in [-0.25, -0.2) is 4.98 Å². The third-order valence-corrected chi connectivity index (χ3v) is 8.41. The molecule has 182 valence electrons. The van der Waals surface area contributed by atoms with Gasteiger partial charge in [-0.1, -0.05) is 73.8 Å². The lowest BCUT2D eigenvalue weighted by Gasteiger charge is -2.42. The average Bonchev–Trinajstić information content (AvgIpc) is 2.86. The van der Waals surface area contributed by atoms with Crippen LogP contribution in [0.4, 0.5) is 5.69 Å². The van der Waals surface area contributed by atoms with Crippen LogP contribution in [-0.2, 0) is 23.2 Å². The minimum atomic E-state index is -0.142. The van der Waals surface area contributed by atoms with Crippen LogP contribution in [-0.4, -0.2) is 21.2 Å². The molecule has 0 radical (unpaired) electrons. The zero-order valence-electron chi connectivity index (χ0n) is 20.0. The lowest BCUT2D eigenvalue weighted by molar-refractivity contribution is -0.113. The molecule has 0 aliphatic heterocycles. The van der Waals surface area contributed by atoms with Crippen molar-refractivity contribution in [2.24, 2.45) is 0 Å². The molecule has 1 aromatic heterocycles. The predicted molar refractivity (Wildman–Crippen MR) is 143 cm³/mol. The minimum Gasteiger partial charge on any atom is -0.325 e. The molecule has 1 fully saturated rings. The van der Waals surface area contributed by atoms with E-state index in [0.29, 0.717) is 22.4 Å². The molecule has 0 unspecified atom stereocenters. The van der Waals surface area contributed by atoms with Crippen molar-refractivity contribution >= 4 is 35.0 Å². The molecular formula is C28H30ClN3O2S. The van der Waals surface area contributed by atoms with Gasteiger partial charge >= 0.3 is 0 Å². The van der Waals surface area contributed by atoms with E-state index in [9.17, 15) is 9.59 Å². The van der Waals surface area contributed by atoms with E-state index in [1.54, 1.807) is 24.3 Å². The molecule has 7 heteroatoms. The monoisotopic (exact) mass is 507 g/mol. The number of hydrogen-bond donors (Lipinski definition) is 1. The van der Waals surface area contributed by atoms with Crippen LogP contribution in [0.5, 0.6) is 0 Å². The third kappa shape index (κ3) is 4.78. The average molecular weight is 508 g/mol. The van der Waals surface area contributed by atoms with E-state index in [1.165, 1.54) is 23.7 Å². The first-order valence-electron chi connectivity index (χ1n) is 12.4. The second-order valence-corrected chi connectivity index (χ2v) is 11.0. The molecule has 2 aliphatic rings. The summed E-state index contributed by atoms with van der Waals surface area (Å²) in [6.07, 6.45) is 7.34. The number of benzene rings is 2. The van der Waals surface area contributed by atoms with Crippen LogP contribution in [0, 0.1) is 0 Å². The SMILES string of the molecule is CCCn1c(SCC(=O)Nc2ccc(Cl)cc2)nc2c(c1=O)C1(CCCCC1)Cc1ccccc1-2. The van der Waals surface area contributed by atoms with Crippen molar-refractivity contribution in [1.29, 1.82) is 0 Å². The number of nitrogens with one attached hydrogen (secondary N) is 1. The highest BCUT2D eigenvalue weighted by Gasteiger charge is 2.43. The molecule has 2 aliphatic carbocycles. The summed E-state index contributed by atoms with van der Waals surface area (Å²) in [5.41, 5.74) is 4.71. The quantitative estimate of drug-likeness (QED) is 0.307. The summed E-state index contributed by atoms with van der Waals surface area (Å²) in [6.45, 7) is 2.66. The van der Waals surface area contributed by atoms with E-state index in [1.807, 2.05) is 10.6 Å². The Labute approximate surface area is 215 Å². The van der Waals surface area contributed by atoms with Gasteiger partial charge < -0.3 is 5.32 Å². The largest absolute Gasteiger partial charge is 0.325 e. The smallest absolute Gasteiger partial charge is 0.258 e. The van der Waals surface area contributed by atoms with Crippen LogP contribution in [0.1, 0.15) is 56.6 Å². The first-order valence-corrected chi connectivity index (χ1v) is 13.8. The Morgan fingerprint density at radius 1 is 1.11 bits per heavy atom. The Bertz CT molecular complexity index is 1300. The molecule has 0 bridgehead atoms. The molecular weight excluding hydrogens is 478 g/mol. The Morgan fingerprint density at radius 3 is 2.60 bits per heavy atom. The molecule has 1 saturated carbocycles. The van der Waals surface area contributed by atoms with Gasteiger partial charge in [-0.05, 0) is 55.5 Å². The topological polar surface area (TPSA) is 64.0 Å². The Balaban J connectivity index is 1.52. The lowest BCUT2D eigenvalue weighted by atomic mass is 9.62. The zero-order chi connectivity index (χ0) is 24.4. The first kappa shape index (κ1) is 24.1. The summed E-state index contributed by atoms with van der Waals surface area (Å²) >= 11 is 7.27. The van der Waals surface area contributed by atoms with Crippen LogP contribution in [0.3, 0.4) is 0 Å². The van der Waals surface area contributed by atoms with E-state index in [-0.39, 0.29) is 22.6 Å². The van der Waals surface area contributed by atoms with Crippen LogP contribution in [0.25, 0.3) is 11.3 Å². The molecule has 0 saturated heterocycles. The lowest BCUT2D eigenvalue weighted by Crippen LogP contribution is -2.43. The van der Waals surface area contributed by atoms with Crippen molar-refractivity contribution in [2.75, 3.05) is 11.1 Å². The van der Waals surface area contributed by atoms with Gasteiger partial charge in [0.15, 0.2) is 5.16 Å². The van der Waals surface area contributed by atoms with Crippen LogP contribution < -0.4 is 10.9 Å². The molecule has 1 amide bonds. The highest BCUT2D eigenvalue weighted by atomic mass is 35.5. The highest BCUT2D eigenvalue weighted by molar-refractivity contribution is 7.99. The van der Waals surface area contributed by atoms with E-state index >= 15 is 0 Å². The molecule has 35 heavy (non-hydrogen) atoms. The molecule has 3 aromatic rings. The fourth-order valence-corrected chi connectivity index (χ4v) is 6.56. The van der Waals surface area contributed by atoms with Crippen molar-refractivity contribution in [1.82, 2.24) is 9.55 Å². The molecule has 5 rings (SSSR count). The van der Waals surface area contributed by atoms with Crippen LogP contribution >= 0.6 is 23.4 Å². The number of hydrogen-bond acceptors (Lipinski definition) is 4. The van der Waals surface area contributed by atoms with Gasteiger partial charge in [0.05, 0.1) is 17.0 Å². The van der Waals surface area contributed by atoms with Crippen molar-refractivity contribution in [2.45, 2.75) is 69.0 Å². The van der Waals surface area contributed by atoms with Gasteiger partial charge in [0.2, 0.25) is 5.91 Å². The van der Waals surface area contributed by atoms with E-state index in [0.717, 1.165) is 55.3 Å². The number of carbonyl (C=O) groups excluding carboxylic acids is 1. The fraction of sp³-hybridized carbons (Fsp3) is 0.393. The summed E-state index contributed by atoms with van der Waals surface area (Å²) in [4.78, 5) is 31.8. The maximum Gasteiger partial charge on any atom is 0.258 e. The van der Waals surface area contributed by atoms with Crippen molar-refractivity contribution < 1.29 is 4.79 Å². The Hall–Kier alpha value is -2.57. The molecule has 5 nitrogen and oxygen atoms in total. The Kier molecular flexibility index (Phi) is 7.03. The standard InChI is InChI=1S/C28H30ClN3O2S/c1-2-16-32-26(34)24-25(22-9-5-4-8-19(22)17-28(24)14-6-3-7-15-28)31-27(32)35-18-23(33)30-21-12-10-20(29)11-13-21/h4-5,8-13H,2-3,6-7,14-18H2,1H3,(H,30,33). The maximum absolute atomic E-state index is 14.1. The maximum atomic E-state index is 14.1. The summed E-state index contributed by atoms with van der Waals surface area (Å²) in [6, 6.07) is 15.4. The Morgan fingerprint density at radius 2 is 1.86 bits per heavy atom. The van der Waals surface area contributed by atoms with Gasteiger partial charge in [0.1, 0.15) is 0 Å². The van der Waals surface area contributed by atoms with Crippen molar-refractivity contribution in [3.05, 3.63) is 75.0 Å². The summed E-state index contributed by atoms with van der Waals surface area (Å²) in [7, 11) is 0. The van der Waals surface area contributed by atoms with Crippen molar-refractivity contribution in [3.8, 4) is 11.3 Å². The number of halogens is 1. The minimum absolute atomic E-state index is 0.0777. The van der Waals surface area contributed by atoms with Crippen LogP contribution in [0.2, 0.25) is 5.02 Å². The number of aromatic nitrogens is 2. The van der Waals surface area contributed by atoms with Gasteiger partial charge in [0, 0.05) is 28.2 Å². The van der Waals surface area contributed by atoms with Crippen LogP contribution in [0.15, 0.2) is 58.5 Å². The molecule has 0 atom stereocenters. The molecule has 1 N–H and O–H groups in total. The van der Waals surface area contributed by atoms with Gasteiger partial charge in [0.25, 0.3) is 5.56 Å². The van der Waals surface area contributed by atoms with E-state index < -0.39 is 0 Å². The number of amides is 1. The number of anilines is 1. The number of rotatable bonds is 6. The fourth-order valence-electron chi connectivity index (χ4n) is 5.61. The van der Waals surface area contributed by atoms with Gasteiger partial charge in [-0.3, -0.25) is 14.2 Å². The normalized spacial score (nSPS) is 15.9. The third-order valence-electron chi connectivity index (χ3n) is 7.18. The predicted octanol–water partition coefficient (Wildman–Crippen LogP) is 6.46. The van der Waals surface area contributed by atoms with Gasteiger partial charge in [-0.15, -0.1) is 0 Å². The molecule has 2 aromatic carbocycles. The number of nitrogens with zero attached hydrogens (tertiary/aromatic N) is 2. The summed E-state index contributed by atoms with van der Waals surface area (Å²) < 4.78 is 1.81. The second-order valence-electron chi connectivity index (χ2n) is 9.59.